The molecular formula is C14H21N5. The van der Waals surface area contributed by atoms with Crippen LogP contribution in [0.1, 0.15) is 39.2 Å². The summed E-state index contributed by atoms with van der Waals surface area (Å²) in [6.07, 6.45) is 1.95. The van der Waals surface area contributed by atoms with Crippen molar-refractivity contribution in [3.05, 3.63) is 23.8 Å². The zero-order valence-corrected chi connectivity index (χ0v) is 12.0. The van der Waals surface area contributed by atoms with Crippen molar-refractivity contribution in [1.29, 1.82) is 0 Å². The van der Waals surface area contributed by atoms with Crippen molar-refractivity contribution in [1.82, 2.24) is 20.2 Å². The lowest BCUT2D eigenvalue weighted by molar-refractivity contribution is 0.262. The molecule has 0 atom stereocenters. The van der Waals surface area contributed by atoms with Crippen LogP contribution in [-0.2, 0) is 5.54 Å². The van der Waals surface area contributed by atoms with Gasteiger partial charge in [0.25, 0.3) is 0 Å². The Hall–Kier alpha value is -1.91. The number of nitrogens with two attached hydrogens (primary N) is 1. The summed E-state index contributed by atoms with van der Waals surface area (Å²) in [4.78, 5) is 0. The first-order valence-electron chi connectivity index (χ1n) is 6.67. The van der Waals surface area contributed by atoms with E-state index in [-0.39, 0.29) is 5.54 Å². The highest BCUT2D eigenvalue weighted by atomic mass is 15.6. The van der Waals surface area contributed by atoms with E-state index >= 15 is 0 Å². The standard InChI is InChI=1S/C14H21N5/c1-5-14(4,6-2)19-13(16-17-18-19)11-8-7-9-12(15)10(11)3/h7-9H,5-6,15H2,1-4H3. The Bertz CT molecular complexity index is 569. The van der Waals surface area contributed by atoms with Crippen LogP contribution in [-0.4, -0.2) is 20.2 Å². The van der Waals surface area contributed by atoms with Crippen molar-refractivity contribution in [2.45, 2.75) is 46.1 Å². The molecule has 2 rings (SSSR count). The minimum Gasteiger partial charge on any atom is -0.398 e. The van der Waals surface area contributed by atoms with Crippen LogP contribution < -0.4 is 5.73 Å². The fourth-order valence-electron chi connectivity index (χ4n) is 2.16. The number of tetrazole rings is 1. The van der Waals surface area contributed by atoms with Crippen molar-refractivity contribution in [3.8, 4) is 11.4 Å². The summed E-state index contributed by atoms with van der Waals surface area (Å²) in [6, 6.07) is 5.84. The van der Waals surface area contributed by atoms with Gasteiger partial charge >= 0.3 is 0 Å². The lowest BCUT2D eigenvalue weighted by Crippen LogP contribution is -2.30. The maximum absolute atomic E-state index is 5.97. The molecule has 1 aromatic heterocycles. The Kier molecular flexibility index (Phi) is 3.55. The van der Waals surface area contributed by atoms with E-state index in [9.17, 15) is 0 Å². The average molecular weight is 259 g/mol. The molecule has 5 nitrogen and oxygen atoms in total. The summed E-state index contributed by atoms with van der Waals surface area (Å²) in [6.45, 7) is 8.48. The molecule has 0 aliphatic heterocycles. The first-order chi connectivity index (χ1) is 9.03. The van der Waals surface area contributed by atoms with Crippen molar-refractivity contribution < 1.29 is 0 Å². The Morgan fingerprint density at radius 2 is 1.95 bits per heavy atom. The molecule has 2 aromatic rings. The molecule has 0 amide bonds. The first kappa shape index (κ1) is 13.5. The highest BCUT2D eigenvalue weighted by Gasteiger charge is 2.28. The maximum atomic E-state index is 5.97. The van der Waals surface area contributed by atoms with Crippen LogP contribution >= 0.6 is 0 Å². The number of benzene rings is 1. The fourth-order valence-corrected chi connectivity index (χ4v) is 2.16. The highest BCUT2D eigenvalue weighted by Crippen LogP contribution is 2.31. The predicted molar refractivity (Wildman–Crippen MR) is 76.6 cm³/mol. The van der Waals surface area contributed by atoms with E-state index in [2.05, 4.69) is 36.3 Å². The topological polar surface area (TPSA) is 69.6 Å². The Morgan fingerprint density at radius 3 is 2.58 bits per heavy atom. The second kappa shape index (κ2) is 4.99. The van der Waals surface area contributed by atoms with Gasteiger partial charge in [-0.05, 0) is 48.7 Å². The third-order valence-corrected chi connectivity index (χ3v) is 4.12. The van der Waals surface area contributed by atoms with Crippen LogP contribution in [0.3, 0.4) is 0 Å². The minimum absolute atomic E-state index is 0.0735. The lowest BCUT2D eigenvalue weighted by atomic mass is 9.95. The van der Waals surface area contributed by atoms with Crippen molar-refractivity contribution >= 4 is 5.69 Å². The van der Waals surface area contributed by atoms with Gasteiger partial charge in [-0.3, -0.25) is 0 Å². The zero-order valence-electron chi connectivity index (χ0n) is 12.0. The van der Waals surface area contributed by atoms with Crippen LogP contribution in [0.2, 0.25) is 0 Å². The minimum atomic E-state index is -0.0735. The van der Waals surface area contributed by atoms with Gasteiger partial charge in [-0.15, -0.1) is 5.10 Å². The Balaban J connectivity index is 2.60. The van der Waals surface area contributed by atoms with Gasteiger partial charge in [-0.2, -0.15) is 0 Å². The van der Waals surface area contributed by atoms with Gasteiger partial charge in [0.2, 0.25) is 0 Å². The SMILES string of the molecule is CCC(C)(CC)n1nnnc1-c1cccc(N)c1C. The number of hydrogen-bond donors (Lipinski definition) is 1. The molecular weight excluding hydrogens is 238 g/mol. The van der Waals surface area contributed by atoms with E-state index in [0.29, 0.717) is 0 Å². The first-order valence-corrected chi connectivity index (χ1v) is 6.67. The summed E-state index contributed by atoms with van der Waals surface area (Å²) >= 11 is 0. The number of nitrogen functional groups attached to an aromatic ring is 1. The molecule has 1 heterocycles. The van der Waals surface area contributed by atoms with Gasteiger partial charge in [-0.1, -0.05) is 26.0 Å². The zero-order chi connectivity index (χ0) is 14.0. The van der Waals surface area contributed by atoms with Crippen LogP contribution in [0.25, 0.3) is 11.4 Å². The quantitative estimate of drug-likeness (QED) is 0.857. The highest BCUT2D eigenvalue weighted by molar-refractivity contribution is 5.67. The summed E-state index contributed by atoms with van der Waals surface area (Å²) in [5, 5.41) is 12.2. The summed E-state index contributed by atoms with van der Waals surface area (Å²) in [5.74, 6) is 0.788. The summed E-state index contributed by atoms with van der Waals surface area (Å²) in [5.41, 5.74) is 8.68. The van der Waals surface area contributed by atoms with Crippen LogP contribution in [0.4, 0.5) is 5.69 Å². The number of anilines is 1. The third kappa shape index (κ3) is 2.20. The van der Waals surface area contributed by atoms with Gasteiger partial charge in [-0.25, -0.2) is 4.68 Å². The molecule has 0 saturated carbocycles. The number of nitrogens with zero attached hydrogens (tertiary/aromatic N) is 4. The molecule has 2 N–H and O–H groups in total. The number of aromatic nitrogens is 4. The van der Waals surface area contributed by atoms with E-state index < -0.39 is 0 Å². The van der Waals surface area contributed by atoms with Gasteiger partial charge in [0.05, 0.1) is 5.54 Å². The molecule has 0 saturated heterocycles. The van der Waals surface area contributed by atoms with Gasteiger partial charge in [0, 0.05) is 11.3 Å². The lowest BCUT2D eigenvalue weighted by Gasteiger charge is -2.27. The Labute approximate surface area is 113 Å². The molecule has 0 unspecified atom stereocenters. The molecule has 0 radical (unpaired) electrons. The predicted octanol–water partition coefficient (Wildman–Crippen LogP) is 2.77. The number of rotatable bonds is 4. The maximum Gasteiger partial charge on any atom is 0.182 e. The summed E-state index contributed by atoms with van der Waals surface area (Å²) in [7, 11) is 0. The molecule has 19 heavy (non-hydrogen) atoms. The normalized spacial score (nSPS) is 11.8. The number of hydrogen-bond acceptors (Lipinski definition) is 4. The molecule has 0 aliphatic rings. The van der Waals surface area contributed by atoms with E-state index in [1.807, 2.05) is 29.8 Å². The average Bonchev–Trinajstić information content (AvgIpc) is 2.90. The molecule has 0 bridgehead atoms. The third-order valence-electron chi connectivity index (χ3n) is 4.12. The Morgan fingerprint density at radius 1 is 1.26 bits per heavy atom. The van der Waals surface area contributed by atoms with E-state index in [1.54, 1.807) is 0 Å². The second-order valence-electron chi connectivity index (χ2n) is 5.14. The smallest absolute Gasteiger partial charge is 0.182 e. The molecule has 0 aliphatic carbocycles. The molecule has 0 fully saturated rings. The molecule has 5 heteroatoms. The molecule has 102 valence electrons. The van der Waals surface area contributed by atoms with Gasteiger partial charge in [0.1, 0.15) is 0 Å². The second-order valence-corrected chi connectivity index (χ2v) is 5.14. The van der Waals surface area contributed by atoms with Crippen molar-refractivity contribution in [3.63, 3.8) is 0 Å². The van der Waals surface area contributed by atoms with Gasteiger partial charge < -0.3 is 5.73 Å². The molecule has 0 spiro atoms. The van der Waals surface area contributed by atoms with Crippen LogP contribution in [0, 0.1) is 6.92 Å². The van der Waals surface area contributed by atoms with E-state index in [0.717, 1.165) is 35.5 Å². The van der Waals surface area contributed by atoms with E-state index in [4.69, 9.17) is 5.73 Å². The largest absolute Gasteiger partial charge is 0.398 e. The fraction of sp³-hybridized carbons (Fsp3) is 0.500. The van der Waals surface area contributed by atoms with Crippen molar-refractivity contribution in [2.24, 2.45) is 0 Å². The van der Waals surface area contributed by atoms with Crippen LogP contribution in [0.5, 0.6) is 0 Å². The van der Waals surface area contributed by atoms with Gasteiger partial charge in [0.15, 0.2) is 5.82 Å². The monoisotopic (exact) mass is 259 g/mol. The van der Waals surface area contributed by atoms with Crippen LogP contribution in [0.15, 0.2) is 18.2 Å². The molecule has 1 aromatic carbocycles. The van der Waals surface area contributed by atoms with Crippen molar-refractivity contribution in [2.75, 3.05) is 5.73 Å². The van der Waals surface area contributed by atoms with E-state index in [1.165, 1.54) is 0 Å². The summed E-state index contributed by atoms with van der Waals surface area (Å²) < 4.78 is 1.93.